The third-order valence-electron chi connectivity index (χ3n) is 4.38. The van der Waals surface area contributed by atoms with Crippen molar-refractivity contribution in [3.8, 4) is 5.75 Å². The topological polar surface area (TPSA) is 41.6 Å². The lowest BCUT2D eigenvalue weighted by molar-refractivity contribution is -0.123. The predicted octanol–water partition coefficient (Wildman–Crippen LogP) is 3.92. The van der Waals surface area contributed by atoms with Gasteiger partial charge in [-0.3, -0.25) is 9.69 Å². The quantitative estimate of drug-likeness (QED) is 0.894. The standard InChI is InChI=1S/C19H30N2O2/c1-15-7-5-6-12-21(15)13-14-23-17-10-8-16(9-11-17)20-18(22)19(2,3)4/h8-11,15H,5-7,12-14H2,1-4H3,(H,20,22)/t15-/m0/s1. The molecule has 0 saturated carbocycles. The van der Waals surface area contributed by atoms with E-state index in [-0.39, 0.29) is 11.3 Å². The lowest BCUT2D eigenvalue weighted by atomic mass is 9.95. The summed E-state index contributed by atoms with van der Waals surface area (Å²) in [4.78, 5) is 14.5. The normalized spacial score (nSPS) is 19.4. The second-order valence-electron chi connectivity index (χ2n) is 7.46. The van der Waals surface area contributed by atoms with E-state index in [1.165, 1.54) is 25.8 Å². The van der Waals surface area contributed by atoms with Crippen molar-refractivity contribution in [1.82, 2.24) is 4.90 Å². The molecule has 23 heavy (non-hydrogen) atoms. The molecule has 1 N–H and O–H groups in total. The summed E-state index contributed by atoms with van der Waals surface area (Å²) in [5.41, 5.74) is 0.419. The Kier molecular flexibility index (Phi) is 6.05. The molecule has 1 heterocycles. The summed E-state index contributed by atoms with van der Waals surface area (Å²) in [6, 6.07) is 8.28. The number of anilines is 1. The SMILES string of the molecule is C[C@H]1CCCCN1CCOc1ccc(NC(=O)C(C)(C)C)cc1. The van der Waals surface area contributed by atoms with Gasteiger partial charge in [-0.2, -0.15) is 0 Å². The molecule has 1 aliphatic heterocycles. The number of hydrogen-bond donors (Lipinski definition) is 1. The number of carbonyl (C=O) groups excluding carboxylic acids is 1. The molecule has 0 aromatic heterocycles. The number of carbonyl (C=O) groups is 1. The van der Waals surface area contributed by atoms with Crippen LogP contribution in [0.15, 0.2) is 24.3 Å². The molecule has 2 rings (SSSR count). The molecule has 0 bridgehead atoms. The average molecular weight is 318 g/mol. The molecule has 128 valence electrons. The highest BCUT2D eigenvalue weighted by Gasteiger charge is 2.21. The molecule has 1 saturated heterocycles. The molecule has 1 atom stereocenters. The van der Waals surface area contributed by atoms with Crippen molar-refractivity contribution >= 4 is 11.6 Å². The van der Waals surface area contributed by atoms with Crippen molar-refractivity contribution in [3.05, 3.63) is 24.3 Å². The Hall–Kier alpha value is -1.55. The summed E-state index contributed by atoms with van der Waals surface area (Å²) in [6.45, 7) is 10.9. The summed E-state index contributed by atoms with van der Waals surface area (Å²) in [5.74, 6) is 0.869. The van der Waals surface area contributed by atoms with E-state index < -0.39 is 0 Å². The third kappa shape index (κ3) is 5.54. The maximum absolute atomic E-state index is 11.9. The van der Waals surface area contributed by atoms with Gasteiger partial charge in [0.25, 0.3) is 0 Å². The molecular formula is C19H30N2O2. The Morgan fingerprint density at radius 2 is 1.96 bits per heavy atom. The predicted molar refractivity (Wildman–Crippen MR) is 94.9 cm³/mol. The molecule has 0 radical (unpaired) electrons. The van der Waals surface area contributed by atoms with Gasteiger partial charge in [0.2, 0.25) is 5.91 Å². The zero-order valence-corrected chi connectivity index (χ0v) is 14.9. The largest absolute Gasteiger partial charge is 0.492 e. The van der Waals surface area contributed by atoms with Gasteiger partial charge in [-0.05, 0) is 50.6 Å². The van der Waals surface area contributed by atoms with E-state index in [2.05, 4.69) is 17.1 Å². The first-order valence-corrected chi connectivity index (χ1v) is 8.64. The van der Waals surface area contributed by atoms with Crippen LogP contribution in [0.5, 0.6) is 5.75 Å². The minimum absolute atomic E-state index is 0.0188. The maximum atomic E-state index is 11.9. The Balaban J connectivity index is 1.77. The number of piperidine rings is 1. The summed E-state index contributed by atoms with van der Waals surface area (Å²) >= 11 is 0. The van der Waals surface area contributed by atoms with Crippen LogP contribution >= 0.6 is 0 Å². The van der Waals surface area contributed by atoms with Crippen LogP contribution in [-0.2, 0) is 4.79 Å². The van der Waals surface area contributed by atoms with Gasteiger partial charge in [0, 0.05) is 23.7 Å². The van der Waals surface area contributed by atoms with Crippen LogP contribution in [0, 0.1) is 5.41 Å². The number of amides is 1. The average Bonchev–Trinajstić information content (AvgIpc) is 2.50. The van der Waals surface area contributed by atoms with Gasteiger partial charge in [-0.15, -0.1) is 0 Å². The smallest absolute Gasteiger partial charge is 0.229 e. The first-order valence-electron chi connectivity index (χ1n) is 8.64. The van der Waals surface area contributed by atoms with Crippen LogP contribution in [0.4, 0.5) is 5.69 Å². The molecule has 1 aromatic rings. The number of rotatable bonds is 5. The Morgan fingerprint density at radius 3 is 2.57 bits per heavy atom. The van der Waals surface area contributed by atoms with Crippen LogP contribution in [0.25, 0.3) is 0 Å². The fourth-order valence-corrected chi connectivity index (χ4v) is 2.72. The van der Waals surface area contributed by atoms with Crippen molar-refractivity contribution < 1.29 is 9.53 Å². The van der Waals surface area contributed by atoms with Crippen LogP contribution < -0.4 is 10.1 Å². The van der Waals surface area contributed by atoms with E-state index in [4.69, 9.17) is 4.74 Å². The van der Waals surface area contributed by atoms with Crippen LogP contribution in [0.1, 0.15) is 47.0 Å². The maximum Gasteiger partial charge on any atom is 0.229 e. The Labute approximate surface area is 140 Å². The lowest BCUT2D eigenvalue weighted by Gasteiger charge is -2.33. The fourth-order valence-electron chi connectivity index (χ4n) is 2.72. The molecule has 1 fully saturated rings. The van der Waals surface area contributed by atoms with Crippen LogP contribution in [0.3, 0.4) is 0 Å². The van der Waals surface area contributed by atoms with Gasteiger partial charge in [0.15, 0.2) is 0 Å². The minimum Gasteiger partial charge on any atom is -0.492 e. The molecular weight excluding hydrogens is 288 g/mol. The van der Waals surface area contributed by atoms with Crippen LogP contribution in [0.2, 0.25) is 0 Å². The number of ether oxygens (including phenoxy) is 1. The summed E-state index contributed by atoms with van der Waals surface area (Å²) < 4.78 is 5.83. The highest BCUT2D eigenvalue weighted by molar-refractivity contribution is 5.94. The number of benzene rings is 1. The van der Waals surface area contributed by atoms with E-state index in [9.17, 15) is 4.79 Å². The Morgan fingerprint density at radius 1 is 1.26 bits per heavy atom. The van der Waals surface area contributed by atoms with E-state index in [0.29, 0.717) is 12.6 Å². The zero-order valence-electron chi connectivity index (χ0n) is 14.9. The van der Waals surface area contributed by atoms with Crippen molar-refractivity contribution in [3.63, 3.8) is 0 Å². The number of likely N-dealkylation sites (tertiary alicyclic amines) is 1. The fraction of sp³-hybridized carbons (Fsp3) is 0.632. The third-order valence-corrected chi connectivity index (χ3v) is 4.38. The lowest BCUT2D eigenvalue weighted by Crippen LogP contribution is -2.39. The number of nitrogens with one attached hydrogen (secondary N) is 1. The summed E-state index contributed by atoms with van der Waals surface area (Å²) in [7, 11) is 0. The number of nitrogens with zero attached hydrogens (tertiary/aromatic N) is 1. The molecule has 4 nitrogen and oxygen atoms in total. The highest BCUT2D eigenvalue weighted by Crippen LogP contribution is 2.20. The van der Waals surface area contributed by atoms with Gasteiger partial charge in [-0.1, -0.05) is 27.2 Å². The molecule has 0 unspecified atom stereocenters. The van der Waals surface area contributed by atoms with Gasteiger partial charge >= 0.3 is 0 Å². The van der Waals surface area contributed by atoms with Gasteiger partial charge < -0.3 is 10.1 Å². The summed E-state index contributed by atoms with van der Waals surface area (Å²) in [6.07, 6.45) is 3.94. The van der Waals surface area contributed by atoms with E-state index in [0.717, 1.165) is 18.0 Å². The number of hydrogen-bond acceptors (Lipinski definition) is 3. The second kappa shape index (κ2) is 7.82. The van der Waals surface area contributed by atoms with Crippen molar-refractivity contribution in [2.75, 3.05) is 25.0 Å². The first-order chi connectivity index (χ1) is 10.9. The van der Waals surface area contributed by atoms with Crippen molar-refractivity contribution in [2.24, 2.45) is 5.41 Å². The Bertz CT molecular complexity index is 505. The van der Waals surface area contributed by atoms with Crippen molar-refractivity contribution in [2.45, 2.75) is 53.0 Å². The summed E-state index contributed by atoms with van der Waals surface area (Å²) in [5, 5.41) is 2.92. The highest BCUT2D eigenvalue weighted by atomic mass is 16.5. The van der Waals surface area contributed by atoms with E-state index in [1.807, 2.05) is 45.0 Å². The molecule has 1 aromatic carbocycles. The van der Waals surface area contributed by atoms with E-state index in [1.54, 1.807) is 0 Å². The van der Waals surface area contributed by atoms with Gasteiger partial charge in [0.1, 0.15) is 12.4 Å². The second-order valence-corrected chi connectivity index (χ2v) is 7.46. The van der Waals surface area contributed by atoms with Crippen LogP contribution in [-0.4, -0.2) is 36.5 Å². The monoisotopic (exact) mass is 318 g/mol. The van der Waals surface area contributed by atoms with Gasteiger partial charge in [0.05, 0.1) is 0 Å². The van der Waals surface area contributed by atoms with Gasteiger partial charge in [-0.25, -0.2) is 0 Å². The molecule has 0 spiro atoms. The first kappa shape index (κ1) is 17.8. The molecule has 1 amide bonds. The molecule has 1 aliphatic rings. The van der Waals surface area contributed by atoms with Crippen molar-refractivity contribution in [1.29, 1.82) is 0 Å². The molecule has 0 aliphatic carbocycles. The zero-order chi connectivity index (χ0) is 16.9. The molecule has 4 heteroatoms. The van der Waals surface area contributed by atoms with E-state index >= 15 is 0 Å². The minimum atomic E-state index is -0.389.